The van der Waals surface area contributed by atoms with Gasteiger partial charge in [0, 0.05) is 40.7 Å². The Labute approximate surface area is 190 Å². The Bertz CT molecular complexity index is 1280. The summed E-state index contributed by atoms with van der Waals surface area (Å²) in [5.74, 6) is 6.47. The van der Waals surface area contributed by atoms with Gasteiger partial charge in [0.15, 0.2) is 0 Å². The SMILES string of the molecule is CC#C[C@@H](CC(=O)Cl)c1ccc(OCc2ccc3scc(-c4ccnn4C)c3c2)cc1. The normalized spacial score (nSPS) is 11.7. The number of carbonyl (C=O) groups excluding carboxylic acids is 1. The maximum Gasteiger partial charge on any atom is 0.223 e. The lowest BCUT2D eigenvalue weighted by Crippen LogP contribution is -2.01. The number of fused-ring (bicyclic) bond motifs is 1. The molecule has 0 aliphatic carbocycles. The number of aryl methyl sites for hydroxylation is 1. The van der Waals surface area contributed by atoms with Gasteiger partial charge in [-0.15, -0.1) is 17.3 Å². The second-order valence-electron chi connectivity index (χ2n) is 7.18. The van der Waals surface area contributed by atoms with E-state index in [2.05, 4.69) is 40.5 Å². The molecular weight excluding hydrogens is 428 g/mol. The molecule has 31 heavy (non-hydrogen) atoms. The van der Waals surface area contributed by atoms with Crippen LogP contribution in [0.1, 0.15) is 30.4 Å². The molecule has 2 heterocycles. The molecule has 0 saturated heterocycles. The molecule has 1 atom stereocenters. The molecule has 0 saturated carbocycles. The Morgan fingerprint density at radius 2 is 2.03 bits per heavy atom. The van der Waals surface area contributed by atoms with E-state index in [4.69, 9.17) is 16.3 Å². The second-order valence-corrected chi connectivity index (χ2v) is 8.52. The van der Waals surface area contributed by atoms with Gasteiger partial charge in [-0.05, 0) is 60.0 Å². The predicted molar refractivity (Wildman–Crippen MR) is 126 cm³/mol. The Balaban J connectivity index is 1.49. The van der Waals surface area contributed by atoms with E-state index in [-0.39, 0.29) is 17.6 Å². The highest BCUT2D eigenvalue weighted by molar-refractivity contribution is 7.17. The molecule has 2 aromatic heterocycles. The quantitative estimate of drug-likeness (QED) is 0.252. The molecule has 0 aliphatic heterocycles. The van der Waals surface area contributed by atoms with Gasteiger partial charge in [-0.3, -0.25) is 9.48 Å². The number of rotatable bonds is 7. The summed E-state index contributed by atoms with van der Waals surface area (Å²) in [7, 11) is 1.95. The highest BCUT2D eigenvalue weighted by Crippen LogP contribution is 2.34. The molecule has 0 spiro atoms. The molecule has 0 fully saturated rings. The van der Waals surface area contributed by atoms with Crippen molar-refractivity contribution in [2.75, 3.05) is 0 Å². The molecule has 4 aromatic rings. The number of nitrogens with zero attached hydrogens (tertiary/aromatic N) is 2. The van der Waals surface area contributed by atoms with Gasteiger partial charge in [-0.25, -0.2) is 0 Å². The van der Waals surface area contributed by atoms with Gasteiger partial charge in [0.25, 0.3) is 0 Å². The zero-order chi connectivity index (χ0) is 21.8. The van der Waals surface area contributed by atoms with Crippen LogP contribution in [0.3, 0.4) is 0 Å². The molecule has 4 rings (SSSR count). The van der Waals surface area contributed by atoms with Gasteiger partial charge in [0.1, 0.15) is 12.4 Å². The summed E-state index contributed by atoms with van der Waals surface area (Å²) in [6.45, 7) is 2.22. The third-order valence-electron chi connectivity index (χ3n) is 5.11. The van der Waals surface area contributed by atoms with Gasteiger partial charge >= 0.3 is 0 Å². The van der Waals surface area contributed by atoms with Crippen LogP contribution in [0.5, 0.6) is 5.75 Å². The van der Waals surface area contributed by atoms with Gasteiger partial charge in [-0.1, -0.05) is 24.1 Å². The first kappa shape index (κ1) is 21.2. The average Bonchev–Trinajstić information content (AvgIpc) is 3.37. The molecule has 0 bridgehead atoms. The first-order valence-electron chi connectivity index (χ1n) is 9.87. The molecule has 0 unspecified atom stereocenters. The fourth-order valence-corrected chi connectivity index (χ4v) is 4.64. The number of hydrogen-bond donors (Lipinski definition) is 0. The third kappa shape index (κ3) is 4.82. The fraction of sp³-hybridized carbons (Fsp3) is 0.200. The van der Waals surface area contributed by atoms with Crippen molar-refractivity contribution in [1.29, 1.82) is 0 Å². The minimum Gasteiger partial charge on any atom is -0.489 e. The Hall–Kier alpha value is -3.07. The van der Waals surface area contributed by atoms with E-state index >= 15 is 0 Å². The van der Waals surface area contributed by atoms with Crippen molar-refractivity contribution in [2.24, 2.45) is 7.05 Å². The zero-order valence-corrected chi connectivity index (χ0v) is 18.8. The largest absolute Gasteiger partial charge is 0.489 e. The van der Waals surface area contributed by atoms with E-state index in [1.54, 1.807) is 18.3 Å². The summed E-state index contributed by atoms with van der Waals surface area (Å²) >= 11 is 7.29. The van der Waals surface area contributed by atoms with E-state index in [1.807, 2.05) is 48.3 Å². The summed E-state index contributed by atoms with van der Waals surface area (Å²) in [5.41, 5.74) is 4.33. The number of thiophene rings is 1. The lowest BCUT2D eigenvalue weighted by atomic mass is 9.97. The van der Waals surface area contributed by atoms with Crippen LogP contribution in [0.4, 0.5) is 0 Å². The number of halogens is 1. The van der Waals surface area contributed by atoms with Crippen molar-refractivity contribution in [3.8, 4) is 28.8 Å². The van der Waals surface area contributed by atoms with E-state index in [0.717, 1.165) is 22.6 Å². The topological polar surface area (TPSA) is 44.1 Å². The zero-order valence-electron chi connectivity index (χ0n) is 17.3. The van der Waals surface area contributed by atoms with Crippen LogP contribution < -0.4 is 4.74 Å². The van der Waals surface area contributed by atoms with Crippen molar-refractivity contribution in [2.45, 2.75) is 25.9 Å². The van der Waals surface area contributed by atoms with Crippen molar-refractivity contribution in [3.05, 3.63) is 71.2 Å². The molecule has 0 amide bonds. The Kier molecular flexibility index (Phi) is 6.41. The maximum atomic E-state index is 11.3. The lowest BCUT2D eigenvalue weighted by molar-refractivity contribution is -0.111. The summed E-state index contributed by atoms with van der Waals surface area (Å²) in [6, 6.07) is 16.1. The van der Waals surface area contributed by atoms with Crippen molar-refractivity contribution in [3.63, 3.8) is 0 Å². The molecule has 2 aromatic carbocycles. The number of hydrogen-bond acceptors (Lipinski definition) is 4. The smallest absolute Gasteiger partial charge is 0.223 e. The van der Waals surface area contributed by atoms with Crippen LogP contribution in [0.2, 0.25) is 0 Å². The van der Waals surface area contributed by atoms with Crippen LogP contribution in [-0.2, 0) is 18.4 Å². The summed E-state index contributed by atoms with van der Waals surface area (Å²) in [5, 5.41) is 7.28. The average molecular weight is 449 g/mol. The second kappa shape index (κ2) is 9.38. The third-order valence-corrected chi connectivity index (χ3v) is 6.22. The first-order chi connectivity index (χ1) is 15.0. The van der Waals surface area contributed by atoms with Crippen LogP contribution in [0.25, 0.3) is 21.3 Å². The van der Waals surface area contributed by atoms with Crippen LogP contribution >= 0.6 is 22.9 Å². The summed E-state index contributed by atoms with van der Waals surface area (Å²) in [6.07, 6.45) is 2.01. The first-order valence-corrected chi connectivity index (χ1v) is 11.1. The molecule has 0 aliphatic rings. The fourth-order valence-electron chi connectivity index (χ4n) is 3.55. The number of benzene rings is 2. The van der Waals surface area contributed by atoms with Crippen molar-refractivity contribution in [1.82, 2.24) is 9.78 Å². The number of aromatic nitrogens is 2. The van der Waals surface area contributed by atoms with E-state index in [1.165, 1.54) is 15.6 Å². The van der Waals surface area contributed by atoms with Crippen LogP contribution in [0.15, 0.2) is 60.1 Å². The Morgan fingerprint density at radius 1 is 1.23 bits per heavy atom. The lowest BCUT2D eigenvalue weighted by Gasteiger charge is -2.11. The summed E-state index contributed by atoms with van der Waals surface area (Å²) in [4.78, 5) is 11.3. The minimum atomic E-state index is -0.387. The van der Waals surface area contributed by atoms with Crippen molar-refractivity contribution >= 4 is 38.3 Å². The Morgan fingerprint density at radius 3 is 2.71 bits per heavy atom. The van der Waals surface area contributed by atoms with Crippen LogP contribution in [0, 0.1) is 11.8 Å². The molecule has 0 radical (unpaired) electrons. The minimum absolute atomic E-state index is 0.197. The number of ether oxygens (including phenoxy) is 1. The van der Waals surface area contributed by atoms with Gasteiger partial charge in [0.05, 0.1) is 11.6 Å². The molecule has 156 valence electrons. The molecular formula is C25H21ClN2O2S. The van der Waals surface area contributed by atoms with Crippen molar-refractivity contribution < 1.29 is 9.53 Å². The summed E-state index contributed by atoms with van der Waals surface area (Å²) < 4.78 is 9.13. The highest BCUT2D eigenvalue weighted by atomic mass is 35.5. The molecule has 6 heteroatoms. The predicted octanol–water partition coefficient (Wildman–Crippen LogP) is 6.14. The number of carbonyl (C=O) groups is 1. The standard InChI is InChI=1S/C25H21ClN2O2S/c1-3-4-19(14-25(26)29)18-6-8-20(9-7-18)30-15-17-5-10-24-21(13-17)22(16-31-24)23-11-12-27-28(23)2/h5-13,16,19H,14-15H2,1-2H3/t19-/m0/s1. The molecule has 0 N–H and O–H groups in total. The highest BCUT2D eigenvalue weighted by Gasteiger charge is 2.13. The van der Waals surface area contributed by atoms with Gasteiger partial charge < -0.3 is 4.74 Å². The van der Waals surface area contributed by atoms with E-state index in [9.17, 15) is 4.79 Å². The van der Waals surface area contributed by atoms with Gasteiger partial charge in [0.2, 0.25) is 5.24 Å². The van der Waals surface area contributed by atoms with E-state index < -0.39 is 0 Å². The van der Waals surface area contributed by atoms with E-state index in [0.29, 0.717) is 6.61 Å². The monoisotopic (exact) mass is 448 g/mol. The van der Waals surface area contributed by atoms with Gasteiger partial charge in [-0.2, -0.15) is 5.10 Å². The molecule has 4 nitrogen and oxygen atoms in total. The van der Waals surface area contributed by atoms with Crippen LogP contribution in [-0.4, -0.2) is 15.0 Å². The maximum absolute atomic E-state index is 11.3.